The largest absolute Gasteiger partial charge is 0.300 e. The van der Waals surface area contributed by atoms with Crippen LogP contribution in [0.25, 0.3) is 0 Å². The molecule has 0 amide bonds. The van der Waals surface area contributed by atoms with Crippen molar-refractivity contribution in [2.24, 2.45) is 13.0 Å². The minimum Gasteiger partial charge on any atom is -0.300 e. The van der Waals surface area contributed by atoms with Gasteiger partial charge in [-0.1, -0.05) is 6.92 Å². The van der Waals surface area contributed by atoms with Gasteiger partial charge in [0.15, 0.2) is 0 Å². The molecular formula is C14H22BrN3O. The second-order valence-corrected chi connectivity index (χ2v) is 6.16. The third-order valence-electron chi connectivity index (χ3n) is 3.96. The average Bonchev–Trinajstić information content (AvgIpc) is 2.66. The normalized spacial score (nSPS) is 20.7. The number of Topliss-reactive ketones (excluding diaryl/α,β-unsaturated/α-hetero) is 1. The summed E-state index contributed by atoms with van der Waals surface area (Å²) in [5.41, 5.74) is 2.32. The second-order valence-electron chi connectivity index (χ2n) is 5.37. The van der Waals surface area contributed by atoms with Gasteiger partial charge < -0.3 is 0 Å². The lowest BCUT2D eigenvalue weighted by molar-refractivity contribution is -0.122. The summed E-state index contributed by atoms with van der Waals surface area (Å²) in [5.74, 6) is 0.536. The van der Waals surface area contributed by atoms with Gasteiger partial charge in [-0.2, -0.15) is 5.10 Å². The standard InChI is InChI=1S/C14H22BrN3O/c1-4-12-14(15)13(17(3)16-12)9-18-7-5-6-11(8-18)10(2)19/h11H,4-9H2,1-3H3. The van der Waals surface area contributed by atoms with Crippen LogP contribution in [-0.4, -0.2) is 33.6 Å². The molecule has 0 saturated carbocycles. The zero-order chi connectivity index (χ0) is 14.0. The summed E-state index contributed by atoms with van der Waals surface area (Å²) in [6.07, 6.45) is 3.09. The van der Waals surface area contributed by atoms with Crippen LogP contribution in [-0.2, 0) is 24.8 Å². The first-order valence-electron chi connectivity index (χ1n) is 6.96. The van der Waals surface area contributed by atoms with E-state index < -0.39 is 0 Å². The summed E-state index contributed by atoms with van der Waals surface area (Å²) >= 11 is 3.66. The van der Waals surface area contributed by atoms with Gasteiger partial charge in [0.2, 0.25) is 0 Å². The van der Waals surface area contributed by atoms with Crippen molar-refractivity contribution < 1.29 is 4.79 Å². The number of ketones is 1. The van der Waals surface area contributed by atoms with E-state index in [9.17, 15) is 4.79 Å². The molecule has 5 heteroatoms. The Bertz CT molecular complexity index is 470. The molecule has 19 heavy (non-hydrogen) atoms. The molecule has 1 aliphatic heterocycles. The Morgan fingerprint density at radius 3 is 2.84 bits per heavy atom. The van der Waals surface area contributed by atoms with Gasteiger partial charge in [-0.05, 0) is 48.7 Å². The van der Waals surface area contributed by atoms with Gasteiger partial charge >= 0.3 is 0 Å². The number of carbonyl (C=O) groups excluding carboxylic acids is 1. The monoisotopic (exact) mass is 327 g/mol. The first kappa shape index (κ1) is 14.7. The number of hydrogen-bond donors (Lipinski definition) is 0. The lowest BCUT2D eigenvalue weighted by atomic mass is 9.94. The van der Waals surface area contributed by atoms with E-state index in [1.54, 1.807) is 6.92 Å². The Kier molecular flexibility index (Phi) is 4.79. The van der Waals surface area contributed by atoms with Crippen molar-refractivity contribution in [2.75, 3.05) is 13.1 Å². The summed E-state index contributed by atoms with van der Waals surface area (Å²) in [7, 11) is 1.99. The Labute approximate surface area is 123 Å². The highest BCUT2D eigenvalue weighted by atomic mass is 79.9. The Hall–Kier alpha value is -0.680. The van der Waals surface area contributed by atoms with Crippen LogP contribution in [0.15, 0.2) is 4.47 Å². The van der Waals surface area contributed by atoms with Crippen LogP contribution < -0.4 is 0 Å². The molecule has 0 N–H and O–H groups in total. The fourth-order valence-electron chi connectivity index (χ4n) is 2.73. The summed E-state index contributed by atoms with van der Waals surface area (Å²) in [6.45, 7) is 6.65. The predicted octanol–water partition coefficient (Wildman–Crippen LogP) is 2.55. The zero-order valence-electron chi connectivity index (χ0n) is 11.9. The number of rotatable bonds is 4. The summed E-state index contributed by atoms with van der Waals surface area (Å²) in [4.78, 5) is 13.9. The highest BCUT2D eigenvalue weighted by molar-refractivity contribution is 9.10. The molecule has 0 spiro atoms. The van der Waals surface area contributed by atoms with Crippen LogP contribution in [0.3, 0.4) is 0 Å². The van der Waals surface area contributed by atoms with Crippen LogP contribution in [0.1, 0.15) is 38.1 Å². The number of hydrogen-bond acceptors (Lipinski definition) is 3. The third kappa shape index (κ3) is 3.26. The van der Waals surface area contributed by atoms with E-state index in [0.29, 0.717) is 5.78 Å². The topological polar surface area (TPSA) is 38.1 Å². The second kappa shape index (κ2) is 6.18. The number of nitrogens with zero attached hydrogens (tertiary/aromatic N) is 3. The number of halogens is 1. The third-order valence-corrected chi connectivity index (χ3v) is 4.87. The van der Waals surface area contributed by atoms with Crippen LogP contribution in [0.5, 0.6) is 0 Å². The molecule has 1 aliphatic rings. The van der Waals surface area contributed by atoms with Gasteiger partial charge in [0.05, 0.1) is 15.9 Å². The van der Waals surface area contributed by atoms with E-state index in [1.165, 1.54) is 5.69 Å². The lowest BCUT2D eigenvalue weighted by Crippen LogP contribution is -2.38. The maximum absolute atomic E-state index is 11.5. The first-order valence-corrected chi connectivity index (χ1v) is 7.75. The maximum atomic E-state index is 11.5. The van der Waals surface area contributed by atoms with Crippen LogP contribution in [0.4, 0.5) is 0 Å². The Balaban J connectivity index is 2.08. The maximum Gasteiger partial charge on any atom is 0.134 e. The van der Waals surface area contributed by atoms with Crippen LogP contribution in [0, 0.1) is 5.92 Å². The fraction of sp³-hybridized carbons (Fsp3) is 0.714. The molecule has 1 aromatic heterocycles. The highest BCUT2D eigenvalue weighted by Gasteiger charge is 2.24. The lowest BCUT2D eigenvalue weighted by Gasteiger charge is -2.31. The summed E-state index contributed by atoms with van der Waals surface area (Å²) < 4.78 is 3.09. The zero-order valence-corrected chi connectivity index (χ0v) is 13.5. The number of likely N-dealkylation sites (tertiary alicyclic amines) is 1. The smallest absolute Gasteiger partial charge is 0.134 e. The average molecular weight is 328 g/mol. The molecule has 106 valence electrons. The fourth-order valence-corrected chi connectivity index (χ4v) is 3.48. The summed E-state index contributed by atoms with van der Waals surface area (Å²) in [6, 6.07) is 0. The molecule has 4 nitrogen and oxygen atoms in total. The molecule has 1 atom stereocenters. The molecular weight excluding hydrogens is 306 g/mol. The minimum absolute atomic E-state index is 0.214. The van der Waals surface area contributed by atoms with Crippen molar-refractivity contribution in [1.82, 2.24) is 14.7 Å². The molecule has 1 saturated heterocycles. The van der Waals surface area contributed by atoms with E-state index in [1.807, 2.05) is 11.7 Å². The Morgan fingerprint density at radius 2 is 2.26 bits per heavy atom. The molecule has 0 aromatic carbocycles. The highest BCUT2D eigenvalue weighted by Crippen LogP contribution is 2.25. The van der Waals surface area contributed by atoms with Gasteiger partial charge in [0, 0.05) is 26.1 Å². The molecule has 1 fully saturated rings. The van der Waals surface area contributed by atoms with Crippen molar-refractivity contribution in [3.63, 3.8) is 0 Å². The van der Waals surface area contributed by atoms with Crippen molar-refractivity contribution in [3.05, 3.63) is 15.9 Å². The first-order chi connectivity index (χ1) is 9.02. The quantitative estimate of drug-likeness (QED) is 0.853. The molecule has 0 bridgehead atoms. The minimum atomic E-state index is 0.214. The number of piperidine rings is 1. The number of aromatic nitrogens is 2. The molecule has 1 aromatic rings. The van der Waals surface area contributed by atoms with Crippen molar-refractivity contribution in [3.8, 4) is 0 Å². The Morgan fingerprint density at radius 1 is 1.53 bits per heavy atom. The predicted molar refractivity (Wildman–Crippen MR) is 79.0 cm³/mol. The molecule has 0 radical (unpaired) electrons. The van der Waals surface area contributed by atoms with E-state index in [2.05, 4.69) is 32.9 Å². The van der Waals surface area contributed by atoms with Gasteiger partial charge in [0.1, 0.15) is 5.78 Å². The van der Waals surface area contributed by atoms with Gasteiger partial charge in [-0.15, -0.1) is 0 Å². The van der Waals surface area contributed by atoms with Gasteiger partial charge in [0.25, 0.3) is 0 Å². The van der Waals surface area contributed by atoms with E-state index in [0.717, 1.165) is 49.1 Å². The van der Waals surface area contributed by atoms with Crippen molar-refractivity contribution in [2.45, 2.75) is 39.7 Å². The number of carbonyl (C=O) groups is 1. The van der Waals surface area contributed by atoms with Gasteiger partial charge in [-0.3, -0.25) is 14.4 Å². The van der Waals surface area contributed by atoms with E-state index in [4.69, 9.17) is 0 Å². The van der Waals surface area contributed by atoms with Crippen LogP contribution >= 0.6 is 15.9 Å². The molecule has 2 heterocycles. The van der Waals surface area contributed by atoms with Crippen molar-refractivity contribution >= 4 is 21.7 Å². The van der Waals surface area contributed by atoms with E-state index in [-0.39, 0.29) is 5.92 Å². The van der Waals surface area contributed by atoms with E-state index >= 15 is 0 Å². The molecule has 2 rings (SSSR count). The molecule has 0 aliphatic carbocycles. The number of aryl methyl sites for hydroxylation is 2. The van der Waals surface area contributed by atoms with Crippen molar-refractivity contribution in [1.29, 1.82) is 0 Å². The SMILES string of the molecule is CCc1nn(C)c(CN2CCCC(C(C)=O)C2)c1Br. The van der Waals surface area contributed by atoms with Crippen LogP contribution in [0.2, 0.25) is 0 Å². The molecule has 1 unspecified atom stereocenters. The van der Waals surface area contributed by atoms with Gasteiger partial charge in [-0.25, -0.2) is 0 Å². The summed E-state index contributed by atoms with van der Waals surface area (Å²) in [5, 5.41) is 4.52.